The minimum Gasteiger partial charge on any atom is -0.488 e. The molecular formula is C29H32BrNO5. The van der Waals surface area contributed by atoms with Crippen LogP contribution in [0.5, 0.6) is 5.75 Å². The zero-order valence-corrected chi connectivity index (χ0v) is 22.4. The second-order valence-corrected chi connectivity index (χ2v) is 11.1. The van der Waals surface area contributed by atoms with E-state index < -0.39 is 11.2 Å². The van der Waals surface area contributed by atoms with Crippen molar-refractivity contribution in [3.8, 4) is 5.75 Å². The van der Waals surface area contributed by atoms with Crippen LogP contribution < -0.4 is 10.4 Å². The van der Waals surface area contributed by atoms with Gasteiger partial charge >= 0.3 is 5.63 Å². The van der Waals surface area contributed by atoms with Gasteiger partial charge in [-0.2, -0.15) is 0 Å². The first-order chi connectivity index (χ1) is 17.3. The van der Waals surface area contributed by atoms with Crippen molar-refractivity contribution in [2.24, 2.45) is 5.92 Å². The number of nitrogens with zero attached hydrogens (tertiary/aromatic N) is 1. The van der Waals surface area contributed by atoms with E-state index in [0.29, 0.717) is 43.0 Å². The number of aryl methyl sites for hydroxylation is 2. The molecule has 2 heterocycles. The number of likely N-dealkylation sites (tertiary alicyclic amines) is 1. The van der Waals surface area contributed by atoms with Gasteiger partial charge in [0.05, 0.1) is 17.6 Å². The highest BCUT2D eigenvalue weighted by molar-refractivity contribution is 9.10. The van der Waals surface area contributed by atoms with Gasteiger partial charge in [-0.1, -0.05) is 47.0 Å². The Labute approximate surface area is 219 Å². The van der Waals surface area contributed by atoms with E-state index in [1.54, 1.807) is 0 Å². The van der Waals surface area contributed by atoms with Crippen LogP contribution in [0, 0.1) is 19.8 Å². The highest BCUT2D eigenvalue weighted by atomic mass is 79.9. The molecule has 36 heavy (non-hydrogen) atoms. The molecule has 2 aromatic carbocycles. The molecule has 5 rings (SSSR count). The van der Waals surface area contributed by atoms with Crippen molar-refractivity contribution in [3.05, 3.63) is 73.5 Å². The fourth-order valence-corrected chi connectivity index (χ4v) is 6.16. The van der Waals surface area contributed by atoms with Gasteiger partial charge in [0.25, 0.3) is 0 Å². The van der Waals surface area contributed by atoms with Crippen LogP contribution in [-0.2, 0) is 17.8 Å². The lowest BCUT2D eigenvalue weighted by atomic mass is 9.71. The summed E-state index contributed by atoms with van der Waals surface area (Å²) in [6.07, 6.45) is 4.53. The number of amides is 1. The fraction of sp³-hybridized carbons (Fsp3) is 0.448. The van der Waals surface area contributed by atoms with Gasteiger partial charge in [0, 0.05) is 40.0 Å². The topological polar surface area (TPSA) is 80.0 Å². The first-order valence-electron chi connectivity index (χ1n) is 12.7. The van der Waals surface area contributed by atoms with Crippen molar-refractivity contribution in [2.75, 3.05) is 13.1 Å². The standard InChI is InChI=1S/C29H32BrNO5/c1-18-22-10-11-25(35-17-20-7-3-4-9-24(20)30)19(2)27(22)36-28(33)23(18)15-26(32)31-14-13-29(34)12-6-5-8-21(29)16-31/h3-4,7,9-11,21,34H,5-6,8,12-17H2,1-2H3/t21-,29-/m0/s1. The van der Waals surface area contributed by atoms with Gasteiger partial charge in [0.1, 0.15) is 17.9 Å². The Morgan fingerprint density at radius 3 is 2.78 bits per heavy atom. The Morgan fingerprint density at radius 1 is 1.17 bits per heavy atom. The maximum Gasteiger partial charge on any atom is 0.340 e. The first-order valence-corrected chi connectivity index (χ1v) is 13.5. The van der Waals surface area contributed by atoms with Crippen LogP contribution in [0.4, 0.5) is 0 Å². The third-order valence-corrected chi connectivity index (χ3v) is 8.88. The van der Waals surface area contributed by atoms with Gasteiger partial charge in [-0.3, -0.25) is 4.79 Å². The second-order valence-electron chi connectivity index (χ2n) is 10.3. The van der Waals surface area contributed by atoms with E-state index in [-0.39, 0.29) is 18.2 Å². The summed E-state index contributed by atoms with van der Waals surface area (Å²) < 4.78 is 12.8. The summed E-state index contributed by atoms with van der Waals surface area (Å²) in [7, 11) is 0. The number of benzene rings is 2. The van der Waals surface area contributed by atoms with Crippen LogP contribution in [0.15, 0.2) is 50.1 Å². The molecule has 0 radical (unpaired) electrons. The van der Waals surface area contributed by atoms with Gasteiger partial charge in [-0.05, 0) is 56.9 Å². The predicted octanol–water partition coefficient (Wildman–Crippen LogP) is 5.45. The lowest BCUT2D eigenvalue weighted by Gasteiger charge is -2.47. The maximum atomic E-state index is 13.2. The molecule has 2 aliphatic rings. The van der Waals surface area contributed by atoms with E-state index in [4.69, 9.17) is 9.15 Å². The Balaban J connectivity index is 1.35. The number of hydrogen-bond acceptors (Lipinski definition) is 5. The van der Waals surface area contributed by atoms with E-state index in [1.165, 1.54) is 0 Å². The molecule has 2 fully saturated rings. The lowest BCUT2D eigenvalue weighted by Crippen LogP contribution is -2.55. The van der Waals surface area contributed by atoms with E-state index in [9.17, 15) is 14.7 Å². The molecule has 0 bridgehead atoms. The van der Waals surface area contributed by atoms with Crippen molar-refractivity contribution < 1.29 is 19.1 Å². The molecule has 1 amide bonds. The van der Waals surface area contributed by atoms with Crippen molar-refractivity contribution in [1.82, 2.24) is 4.90 Å². The van der Waals surface area contributed by atoms with Crippen LogP contribution in [0.1, 0.15) is 54.4 Å². The van der Waals surface area contributed by atoms with Crippen molar-refractivity contribution in [1.29, 1.82) is 0 Å². The monoisotopic (exact) mass is 553 g/mol. The van der Waals surface area contributed by atoms with Gasteiger partial charge < -0.3 is 19.2 Å². The molecule has 7 heteroatoms. The van der Waals surface area contributed by atoms with E-state index in [2.05, 4.69) is 15.9 Å². The summed E-state index contributed by atoms with van der Waals surface area (Å²) in [5.41, 5.74) is 2.31. The van der Waals surface area contributed by atoms with E-state index in [0.717, 1.165) is 52.2 Å². The number of aliphatic hydroxyl groups is 1. The number of rotatable bonds is 5. The minimum atomic E-state index is -0.638. The average Bonchev–Trinajstić information content (AvgIpc) is 2.86. The molecule has 0 unspecified atom stereocenters. The number of ether oxygens (including phenoxy) is 1. The van der Waals surface area contributed by atoms with Gasteiger partial charge in [-0.15, -0.1) is 0 Å². The molecule has 1 N–H and O–H groups in total. The zero-order valence-electron chi connectivity index (χ0n) is 20.8. The number of fused-ring (bicyclic) bond motifs is 2. The molecular weight excluding hydrogens is 522 g/mol. The van der Waals surface area contributed by atoms with E-state index >= 15 is 0 Å². The summed E-state index contributed by atoms with van der Waals surface area (Å²) in [5.74, 6) is 0.691. The van der Waals surface area contributed by atoms with Crippen LogP contribution in [0.25, 0.3) is 11.0 Å². The van der Waals surface area contributed by atoms with Crippen molar-refractivity contribution >= 4 is 32.8 Å². The summed E-state index contributed by atoms with van der Waals surface area (Å²) in [6.45, 7) is 5.23. The number of piperidine rings is 1. The van der Waals surface area contributed by atoms with Crippen LogP contribution in [0.3, 0.4) is 0 Å². The normalized spacial score (nSPS) is 21.9. The Morgan fingerprint density at radius 2 is 1.97 bits per heavy atom. The molecule has 6 nitrogen and oxygen atoms in total. The molecule has 1 aromatic heterocycles. The fourth-order valence-electron chi connectivity index (χ4n) is 5.76. The zero-order chi connectivity index (χ0) is 25.4. The third kappa shape index (κ3) is 4.71. The molecule has 0 spiro atoms. The highest BCUT2D eigenvalue weighted by Crippen LogP contribution is 2.40. The lowest BCUT2D eigenvalue weighted by molar-refractivity contribution is -0.142. The summed E-state index contributed by atoms with van der Waals surface area (Å²) in [5, 5.41) is 11.7. The molecule has 1 saturated heterocycles. The van der Waals surface area contributed by atoms with Crippen LogP contribution >= 0.6 is 15.9 Å². The highest BCUT2D eigenvalue weighted by Gasteiger charge is 2.43. The molecule has 1 saturated carbocycles. The SMILES string of the molecule is Cc1c(CC(=O)N2CC[C@@]3(O)CCCC[C@H]3C2)c(=O)oc2c(C)c(OCc3ccccc3Br)ccc12. The second kappa shape index (κ2) is 10.0. The minimum absolute atomic E-state index is 0.00852. The van der Waals surface area contributed by atoms with Gasteiger partial charge in [-0.25, -0.2) is 4.79 Å². The Kier molecular flexibility index (Phi) is 6.97. The number of carbonyl (C=O) groups excluding carboxylic acids is 1. The number of hydrogen-bond donors (Lipinski definition) is 1. The Bertz CT molecular complexity index is 1370. The van der Waals surface area contributed by atoms with Crippen molar-refractivity contribution in [2.45, 2.75) is 64.6 Å². The first kappa shape index (κ1) is 25.0. The summed E-state index contributed by atoms with van der Waals surface area (Å²) in [4.78, 5) is 28.0. The summed E-state index contributed by atoms with van der Waals surface area (Å²) in [6, 6.07) is 11.7. The molecule has 3 aromatic rings. The van der Waals surface area contributed by atoms with Crippen LogP contribution in [0.2, 0.25) is 0 Å². The maximum absolute atomic E-state index is 13.2. The van der Waals surface area contributed by atoms with Crippen LogP contribution in [-0.4, -0.2) is 34.6 Å². The third-order valence-electron chi connectivity index (χ3n) is 8.10. The molecule has 1 aliphatic heterocycles. The molecule has 190 valence electrons. The molecule has 2 atom stereocenters. The van der Waals surface area contributed by atoms with E-state index in [1.807, 2.05) is 55.1 Å². The quantitative estimate of drug-likeness (QED) is 0.425. The smallest absolute Gasteiger partial charge is 0.340 e. The molecule has 1 aliphatic carbocycles. The largest absolute Gasteiger partial charge is 0.488 e. The summed E-state index contributed by atoms with van der Waals surface area (Å²) >= 11 is 3.54. The van der Waals surface area contributed by atoms with Gasteiger partial charge in [0.15, 0.2) is 0 Å². The number of carbonyl (C=O) groups is 1. The van der Waals surface area contributed by atoms with Gasteiger partial charge in [0.2, 0.25) is 5.91 Å². The predicted molar refractivity (Wildman–Crippen MR) is 142 cm³/mol. The number of halogens is 1. The Hall–Kier alpha value is -2.64. The van der Waals surface area contributed by atoms with Crippen molar-refractivity contribution in [3.63, 3.8) is 0 Å². The average molecular weight is 554 g/mol.